The van der Waals surface area contributed by atoms with Gasteiger partial charge in [-0.15, -0.1) is 0 Å². The van der Waals surface area contributed by atoms with Gasteiger partial charge < -0.3 is 9.94 Å². The summed E-state index contributed by atoms with van der Waals surface area (Å²) in [7, 11) is 0. The molecule has 1 aliphatic rings. The van der Waals surface area contributed by atoms with E-state index in [-0.39, 0.29) is 0 Å². The molecule has 0 amide bonds. The Bertz CT molecular complexity index is 320. The number of rotatable bonds is 0. The van der Waals surface area contributed by atoms with Crippen LogP contribution in [0.25, 0.3) is 0 Å². The summed E-state index contributed by atoms with van der Waals surface area (Å²) in [4.78, 5) is 0. The first kappa shape index (κ1) is 7.16. The van der Waals surface area contributed by atoms with E-state index in [0.29, 0.717) is 13.2 Å². The van der Waals surface area contributed by atoms with Crippen molar-refractivity contribution in [2.75, 3.05) is 13.2 Å². The van der Waals surface area contributed by atoms with Crippen molar-refractivity contribution < 1.29 is 9.48 Å². The molecule has 0 unspecified atom stereocenters. The molecule has 0 atom stereocenters. The molecule has 0 fully saturated rings. The molecule has 1 aromatic rings. The summed E-state index contributed by atoms with van der Waals surface area (Å²) >= 11 is 0. The Morgan fingerprint density at radius 1 is 1.33 bits per heavy atom. The average Bonchev–Trinajstić information content (AvgIpc) is 2.25. The molecule has 0 N–H and O–H groups in total. The van der Waals surface area contributed by atoms with Gasteiger partial charge in [-0.3, -0.25) is 0 Å². The number of hydrogen-bond acceptors (Lipinski definition) is 2. The topological polar surface area (TPSA) is 35.3 Å². The molecule has 0 spiro atoms. The van der Waals surface area contributed by atoms with Crippen molar-refractivity contribution in [3.63, 3.8) is 0 Å². The fraction of sp³-hybridized carbons (Fsp3) is 0.222. The van der Waals surface area contributed by atoms with Crippen LogP contribution in [0.3, 0.4) is 0 Å². The smallest absolute Gasteiger partial charge is 0.187 e. The minimum absolute atomic E-state index is 0.397. The standard InChI is InChI=1S/C9H9NO2/c11-10-5-6-12-9-4-2-1-3-8(9)7-10/h1-4,7H,5-6H2. The Morgan fingerprint density at radius 2 is 2.17 bits per heavy atom. The van der Waals surface area contributed by atoms with Crippen molar-refractivity contribution >= 4 is 6.21 Å². The summed E-state index contributed by atoms with van der Waals surface area (Å²) in [6.07, 6.45) is 1.56. The fourth-order valence-corrected chi connectivity index (χ4v) is 1.18. The van der Waals surface area contributed by atoms with Gasteiger partial charge >= 0.3 is 0 Å². The minimum Gasteiger partial charge on any atom is -0.624 e. The van der Waals surface area contributed by atoms with Gasteiger partial charge in [-0.1, -0.05) is 12.1 Å². The van der Waals surface area contributed by atoms with E-state index in [9.17, 15) is 5.21 Å². The molecule has 1 heterocycles. The van der Waals surface area contributed by atoms with E-state index in [0.717, 1.165) is 16.1 Å². The SMILES string of the molecule is [O-][N+]1=Cc2ccccc2OCC1. The zero-order valence-corrected chi connectivity index (χ0v) is 6.56. The highest BCUT2D eigenvalue weighted by molar-refractivity contribution is 5.80. The normalized spacial score (nSPS) is 15.5. The quantitative estimate of drug-likeness (QED) is 0.422. The summed E-state index contributed by atoms with van der Waals surface area (Å²) in [5.41, 5.74) is 0.852. The molecule has 3 heteroatoms. The van der Waals surface area contributed by atoms with Crippen LogP contribution in [0.5, 0.6) is 5.75 Å². The Labute approximate surface area is 70.5 Å². The predicted octanol–water partition coefficient (Wildman–Crippen LogP) is 1.01. The number of ether oxygens (including phenoxy) is 1. The van der Waals surface area contributed by atoms with Gasteiger partial charge in [0.05, 0.1) is 5.56 Å². The lowest BCUT2D eigenvalue weighted by Crippen LogP contribution is -2.10. The van der Waals surface area contributed by atoms with Crippen LogP contribution in [0.2, 0.25) is 0 Å². The number of nitrogens with zero attached hydrogens (tertiary/aromatic N) is 1. The number of benzene rings is 1. The van der Waals surface area contributed by atoms with E-state index in [1.807, 2.05) is 24.3 Å². The molecule has 0 radical (unpaired) electrons. The van der Waals surface area contributed by atoms with Crippen molar-refractivity contribution in [1.82, 2.24) is 0 Å². The molecule has 62 valence electrons. The van der Waals surface area contributed by atoms with Crippen LogP contribution >= 0.6 is 0 Å². The van der Waals surface area contributed by atoms with Crippen LogP contribution in [-0.4, -0.2) is 24.1 Å². The predicted molar refractivity (Wildman–Crippen MR) is 45.6 cm³/mol. The maximum Gasteiger partial charge on any atom is 0.187 e. The van der Waals surface area contributed by atoms with E-state index in [1.165, 1.54) is 0 Å². The van der Waals surface area contributed by atoms with Crippen molar-refractivity contribution in [1.29, 1.82) is 0 Å². The molecule has 0 aliphatic carbocycles. The van der Waals surface area contributed by atoms with E-state index in [1.54, 1.807) is 6.21 Å². The highest BCUT2D eigenvalue weighted by Gasteiger charge is 2.08. The van der Waals surface area contributed by atoms with Crippen LogP contribution in [-0.2, 0) is 0 Å². The third-order valence-electron chi connectivity index (χ3n) is 1.77. The molecule has 12 heavy (non-hydrogen) atoms. The van der Waals surface area contributed by atoms with E-state index in [2.05, 4.69) is 0 Å². The Kier molecular flexibility index (Phi) is 1.70. The Balaban J connectivity index is 2.47. The molecular formula is C9H9NO2. The highest BCUT2D eigenvalue weighted by Crippen LogP contribution is 2.16. The molecule has 1 aliphatic heterocycles. The molecule has 0 saturated heterocycles. The second-order valence-corrected chi connectivity index (χ2v) is 2.66. The molecule has 0 saturated carbocycles. The summed E-state index contributed by atoms with van der Waals surface area (Å²) in [5.74, 6) is 0.788. The molecular weight excluding hydrogens is 154 g/mol. The number of hydrogen-bond donors (Lipinski definition) is 0. The lowest BCUT2D eigenvalue weighted by Gasteiger charge is -2.01. The van der Waals surface area contributed by atoms with Gasteiger partial charge in [0.15, 0.2) is 12.8 Å². The van der Waals surface area contributed by atoms with Gasteiger partial charge in [0.1, 0.15) is 12.4 Å². The maximum atomic E-state index is 11.0. The van der Waals surface area contributed by atoms with Crippen LogP contribution < -0.4 is 4.74 Å². The highest BCUT2D eigenvalue weighted by atomic mass is 16.5. The molecule has 0 aromatic heterocycles. The van der Waals surface area contributed by atoms with Gasteiger partial charge in [-0.05, 0) is 12.1 Å². The van der Waals surface area contributed by atoms with Gasteiger partial charge in [-0.2, -0.15) is 0 Å². The summed E-state index contributed by atoms with van der Waals surface area (Å²) in [6.45, 7) is 0.853. The summed E-state index contributed by atoms with van der Waals surface area (Å²) < 4.78 is 6.24. The van der Waals surface area contributed by atoms with Gasteiger partial charge in [0.2, 0.25) is 0 Å². The average molecular weight is 163 g/mol. The Hall–Kier alpha value is -1.51. The second kappa shape index (κ2) is 2.85. The largest absolute Gasteiger partial charge is 0.624 e. The first-order chi connectivity index (χ1) is 5.86. The lowest BCUT2D eigenvalue weighted by atomic mass is 10.2. The van der Waals surface area contributed by atoms with Crippen molar-refractivity contribution in [3.8, 4) is 5.75 Å². The number of para-hydroxylation sites is 1. The molecule has 2 rings (SSSR count). The lowest BCUT2D eigenvalue weighted by molar-refractivity contribution is -0.453. The van der Waals surface area contributed by atoms with Crippen LogP contribution in [0, 0.1) is 5.21 Å². The second-order valence-electron chi connectivity index (χ2n) is 2.66. The summed E-state index contributed by atoms with van der Waals surface area (Å²) in [6, 6.07) is 7.52. The first-order valence-electron chi connectivity index (χ1n) is 3.87. The third kappa shape index (κ3) is 1.25. The van der Waals surface area contributed by atoms with E-state index < -0.39 is 0 Å². The molecule has 3 nitrogen and oxygen atoms in total. The number of hydroxylamine groups is 1. The van der Waals surface area contributed by atoms with Crippen LogP contribution in [0.15, 0.2) is 24.3 Å². The van der Waals surface area contributed by atoms with Gasteiger partial charge in [0.25, 0.3) is 0 Å². The maximum absolute atomic E-state index is 11.0. The Morgan fingerprint density at radius 3 is 3.08 bits per heavy atom. The fourth-order valence-electron chi connectivity index (χ4n) is 1.18. The van der Waals surface area contributed by atoms with Crippen molar-refractivity contribution in [2.45, 2.75) is 0 Å². The van der Waals surface area contributed by atoms with Gasteiger partial charge in [-0.25, -0.2) is 4.74 Å². The van der Waals surface area contributed by atoms with Gasteiger partial charge in [0, 0.05) is 0 Å². The number of fused-ring (bicyclic) bond motifs is 1. The molecule has 1 aromatic carbocycles. The minimum atomic E-state index is 0.397. The third-order valence-corrected chi connectivity index (χ3v) is 1.77. The zero-order valence-electron chi connectivity index (χ0n) is 6.56. The molecule has 0 bridgehead atoms. The summed E-state index contributed by atoms with van der Waals surface area (Å²) in [5, 5.41) is 11.0. The van der Waals surface area contributed by atoms with E-state index >= 15 is 0 Å². The van der Waals surface area contributed by atoms with Crippen molar-refractivity contribution in [2.24, 2.45) is 0 Å². The van der Waals surface area contributed by atoms with E-state index in [4.69, 9.17) is 4.74 Å². The first-order valence-corrected chi connectivity index (χ1v) is 3.87. The monoisotopic (exact) mass is 163 g/mol. The van der Waals surface area contributed by atoms with Crippen LogP contribution in [0.1, 0.15) is 5.56 Å². The van der Waals surface area contributed by atoms with Crippen LogP contribution in [0.4, 0.5) is 0 Å². The van der Waals surface area contributed by atoms with Crippen molar-refractivity contribution in [3.05, 3.63) is 35.0 Å². The zero-order chi connectivity index (χ0) is 8.39.